The monoisotopic (exact) mass is 773 g/mol. The van der Waals surface area contributed by atoms with E-state index < -0.39 is 0 Å². The van der Waals surface area contributed by atoms with E-state index in [1.54, 1.807) is 0 Å². The van der Waals surface area contributed by atoms with Gasteiger partial charge in [-0.05, 0) is 72.8 Å². The summed E-state index contributed by atoms with van der Waals surface area (Å²) in [4.78, 5) is 5.32. The summed E-state index contributed by atoms with van der Waals surface area (Å²) in [7, 11) is 0. The lowest BCUT2D eigenvalue weighted by molar-refractivity contribution is 1.18. The van der Waals surface area contributed by atoms with Gasteiger partial charge in [0.05, 0.1) is 33.5 Å². The van der Waals surface area contributed by atoms with Crippen LogP contribution in [0.15, 0.2) is 188 Å². The lowest BCUT2D eigenvalue weighted by Crippen LogP contribution is -1.96. The molecule has 270 valence electrons. The lowest BCUT2D eigenvalue weighted by Gasteiger charge is -2.12. The number of nitrogens with zero attached hydrogens (tertiary/aromatic N) is 3. The van der Waals surface area contributed by atoms with Gasteiger partial charge in [-0.15, -0.1) is 22.7 Å². The van der Waals surface area contributed by atoms with Gasteiger partial charge in [-0.2, -0.15) is 0 Å². The molecule has 5 heteroatoms. The van der Waals surface area contributed by atoms with E-state index in [0.29, 0.717) is 0 Å². The maximum absolute atomic E-state index is 5.32. The van der Waals surface area contributed by atoms with E-state index in [9.17, 15) is 0 Å². The highest BCUT2D eigenvalue weighted by atomic mass is 32.1. The van der Waals surface area contributed by atoms with E-state index in [4.69, 9.17) is 4.98 Å². The first kappa shape index (κ1) is 32.1. The molecule has 0 amide bonds. The van der Waals surface area contributed by atoms with Gasteiger partial charge >= 0.3 is 0 Å². The Morgan fingerprint density at radius 3 is 1.26 bits per heavy atom. The second-order valence-corrected chi connectivity index (χ2v) is 17.2. The summed E-state index contributed by atoms with van der Waals surface area (Å²) >= 11 is 3.78. The molecule has 0 saturated carbocycles. The minimum atomic E-state index is 0.946. The van der Waals surface area contributed by atoms with Crippen molar-refractivity contribution in [1.29, 1.82) is 0 Å². The van der Waals surface area contributed by atoms with Crippen LogP contribution in [-0.2, 0) is 0 Å². The average Bonchev–Trinajstić information content (AvgIpc) is 4.04. The second-order valence-electron chi connectivity index (χ2n) is 15.1. The van der Waals surface area contributed by atoms with Crippen molar-refractivity contribution in [3.05, 3.63) is 188 Å². The molecule has 0 fully saturated rings. The third-order valence-corrected chi connectivity index (χ3v) is 14.3. The second kappa shape index (κ2) is 12.2. The molecule has 0 unspecified atom stereocenters. The summed E-state index contributed by atoms with van der Waals surface area (Å²) < 4.78 is 10.2. The average molecular weight is 774 g/mol. The third-order valence-electron chi connectivity index (χ3n) is 11.9. The van der Waals surface area contributed by atoms with Crippen molar-refractivity contribution >= 4 is 107 Å². The molecule has 8 aromatic carbocycles. The summed E-state index contributed by atoms with van der Waals surface area (Å²) in [5.74, 6) is 0. The van der Waals surface area contributed by atoms with Crippen LogP contribution in [0.5, 0.6) is 0 Å². The lowest BCUT2D eigenvalue weighted by atomic mass is 10.1. The molecule has 0 spiro atoms. The highest BCUT2D eigenvalue weighted by Gasteiger charge is 2.20. The quantitative estimate of drug-likeness (QED) is 0.175. The van der Waals surface area contributed by atoms with E-state index in [0.717, 1.165) is 33.9 Å². The molecule has 0 bridgehead atoms. The van der Waals surface area contributed by atoms with Crippen molar-refractivity contribution in [2.24, 2.45) is 0 Å². The predicted molar refractivity (Wildman–Crippen MR) is 250 cm³/mol. The maximum Gasteiger partial charge on any atom is 0.0710 e. The van der Waals surface area contributed by atoms with Gasteiger partial charge in [-0.1, -0.05) is 115 Å². The van der Waals surface area contributed by atoms with Gasteiger partial charge in [0.2, 0.25) is 0 Å². The van der Waals surface area contributed by atoms with Crippen LogP contribution in [0, 0.1) is 0 Å². The third kappa shape index (κ3) is 4.57. The Labute approximate surface area is 340 Å². The van der Waals surface area contributed by atoms with Crippen molar-refractivity contribution in [2.75, 3.05) is 0 Å². The van der Waals surface area contributed by atoms with Crippen LogP contribution in [0.2, 0.25) is 0 Å². The first-order chi connectivity index (χ1) is 28.8. The van der Waals surface area contributed by atoms with Crippen LogP contribution in [-0.4, -0.2) is 14.1 Å². The number of thiophene rings is 2. The highest BCUT2D eigenvalue weighted by molar-refractivity contribution is 7.27. The molecular weight excluding hydrogens is 743 g/mol. The molecule has 0 aliphatic carbocycles. The normalized spacial score (nSPS) is 12.1. The summed E-state index contributed by atoms with van der Waals surface area (Å²) in [6.45, 7) is 0. The molecule has 0 atom stereocenters. The number of aromatic nitrogens is 3. The molecule has 13 aromatic rings. The Bertz CT molecular complexity index is 3570. The molecule has 5 aromatic heterocycles. The Morgan fingerprint density at radius 2 is 0.759 bits per heavy atom. The first-order valence-corrected chi connectivity index (χ1v) is 21.3. The minimum Gasteiger partial charge on any atom is -0.309 e. The van der Waals surface area contributed by atoms with Gasteiger partial charge in [0, 0.05) is 84.4 Å². The van der Waals surface area contributed by atoms with Gasteiger partial charge < -0.3 is 9.13 Å². The van der Waals surface area contributed by atoms with Gasteiger partial charge in [0.25, 0.3) is 0 Å². The fourth-order valence-corrected chi connectivity index (χ4v) is 11.9. The number of para-hydroxylation sites is 2. The van der Waals surface area contributed by atoms with Crippen LogP contribution in [0.3, 0.4) is 0 Å². The predicted octanol–water partition coefficient (Wildman–Crippen LogP) is 15.3. The molecule has 58 heavy (non-hydrogen) atoms. The first-order valence-electron chi connectivity index (χ1n) is 19.6. The SMILES string of the molecule is c1cc(-c2cccc(-c3cccc(-n4c5ccccc5c5c6sc7ccccc7c6ccc54)c3)n2)cc(-n2c3ccccc3c3c4sc5ccccc5c4ccc32)c1. The fraction of sp³-hybridized carbons (Fsp3) is 0. The number of rotatable bonds is 4. The van der Waals surface area contributed by atoms with Crippen LogP contribution in [0.1, 0.15) is 0 Å². The topological polar surface area (TPSA) is 22.8 Å². The van der Waals surface area contributed by atoms with Crippen molar-refractivity contribution in [3.8, 4) is 33.9 Å². The molecule has 3 nitrogen and oxygen atoms in total. The zero-order valence-corrected chi connectivity index (χ0v) is 32.7. The van der Waals surface area contributed by atoms with E-state index in [-0.39, 0.29) is 0 Å². The Kier molecular flexibility index (Phi) is 6.76. The van der Waals surface area contributed by atoms with Crippen molar-refractivity contribution in [1.82, 2.24) is 14.1 Å². The smallest absolute Gasteiger partial charge is 0.0710 e. The Hall–Kier alpha value is -7.05. The number of hydrogen-bond donors (Lipinski definition) is 0. The molecule has 0 aliphatic rings. The van der Waals surface area contributed by atoms with E-state index in [1.165, 1.54) is 84.0 Å². The van der Waals surface area contributed by atoms with E-state index in [2.05, 4.69) is 197 Å². The molecule has 0 saturated heterocycles. The van der Waals surface area contributed by atoms with Crippen LogP contribution >= 0.6 is 22.7 Å². The van der Waals surface area contributed by atoms with Crippen LogP contribution < -0.4 is 0 Å². The number of hydrogen-bond acceptors (Lipinski definition) is 3. The van der Waals surface area contributed by atoms with Crippen molar-refractivity contribution in [3.63, 3.8) is 0 Å². The molecule has 13 rings (SSSR count). The summed E-state index contributed by atoms with van der Waals surface area (Å²) in [5.41, 5.74) is 11.1. The molecule has 5 heterocycles. The summed E-state index contributed by atoms with van der Waals surface area (Å²) in [6, 6.07) is 68.4. The molecule has 0 N–H and O–H groups in total. The van der Waals surface area contributed by atoms with Crippen LogP contribution in [0.4, 0.5) is 0 Å². The zero-order valence-electron chi connectivity index (χ0n) is 31.1. The molecule has 0 aliphatic heterocycles. The van der Waals surface area contributed by atoms with Gasteiger partial charge in [-0.3, -0.25) is 0 Å². The number of benzene rings is 8. The number of fused-ring (bicyclic) bond motifs is 14. The van der Waals surface area contributed by atoms with Gasteiger partial charge in [-0.25, -0.2) is 4.98 Å². The number of pyridine rings is 1. The van der Waals surface area contributed by atoms with Crippen molar-refractivity contribution in [2.45, 2.75) is 0 Å². The minimum absolute atomic E-state index is 0.946. The highest BCUT2D eigenvalue weighted by Crippen LogP contribution is 2.45. The largest absolute Gasteiger partial charge is 0.309 e. The Morgan fingerprint density at radius 1 is 0.328 bits per heavy atom. The van der Waals surface area contributed by atoms with Crippen LogP contribution in [0.25, 0.3) is 118 Å². The molecular formula is C53H31N3S2. The summed E-state index contributed by atoms with van der Waals surface area (Å²) in [5, 5.41) is 10.5. The molecule has 0 radical (unpaired) electrons. The van der Waals surface area contributed by atoms with Gasteiger partial charge in [0.15, 0.2) is 0 Å². The van der Waals surface area contributed by atoms with E-state index in [1.807, 2.05) is 22.7 Å². The van der Waals surface area contributed by atoms with Gasteiger partial charge in [0.1, 0.15) is 0 Å². The standard InChI is InChI=1S/C53H31N3S2/c1-5-22-44-40(18-1)50-46(28-26-38-36-16-3-7-24-48(36)57-52(38)50)55(44)34-14-9-12-32(30-34)42-20-11-21-43(54-42)33-13-10-15-35(31-33)56-45-23-6-2-19-41(45)51-47(56)29-27-39-37-17-4-8-25-49(37)58-53(39)51/h1-31H. The van der Waals surface area contributed by atoms with E-state index >= 15 is 0 Å². The van der Waals surface area contributed by atoms with Crippen molar-refractivity contribution < 1.29 is 0 Å². The zero-order chi connectivity index (χ0) is 37.9. The fourth-order valence-electron chi connectivity index (χ4n) is 9.39. The Balaban J connectivity index is 0.933. The maximum atomic E-state index is 5.32. The summed E-state index contributed by atoms with van der Waals surface area (Å²) in [6.07, 6.45) is 0.